The number of nitrogens with zero attached hydrogens (tertiary/aromatic N) is 4. The first-order chi connectivity index (χ1) is 19.5. The highest BCUT2D eigenvalue weighted by molar-refractivity contribution is 9.10. The summed E-state index contributed by atoms with van der Waals surface area (Å²) in [6.45, 7) is 12.7. The van der Waals surface area contributed by atoms with Gasteiger partial charge < -0.3 is 19.1 Å². The summed E-state index contributed by atoms with van der Waals surface area (Å²) in [7, 11) is 1.31. The Morgan fingerprint density at radius 1 is 1.24 bits per heavy atom. The highest BCUT2D eigenvalue weighted by Gasteiger charge is 2.35. The fraction of sp³-hybridized carbons (Fsp3) is 0.323. The molecule has 41 heavy (non-hydrogen) atoms. The molecule has 4 aromatic rings. The topological polar surface area (TPSA) is 78.2 Å². The monoisotopic (exact) mass is 622 g/mol. The van der Waals surface area contributed by atoms with Crippen LogP contribution in [-0.4, -0.2) is 53.0 Å². The van der Waals surface area contributed by atoms with Crippen molar-refractivity contribution < 1.29 is 23.4 Å². The molecule has 0 saturated carbocycles. The zero-order chi connectivity index (χ0) is 29.5. The fourth-order valence-corrected chi connectivity index (χ4v) is 5.42. The van der Waals surface area contributed by atoms with Crippen molar-refractivity contribution in [3.63, 3.8) is 0 Å². The molecule has 0 bridgehead atoms. The maximum absolute atomic E-state index is 15.7. The second-order valence-corrected chi connectivity index (χ2v) is 11.7. The molecule has 0 saturated heterocycles. The van der Waals surface area contributed by atoms with Gasteiger partial charge in [-0.1, -0.05) is 34.1 Å². The Morgan fingerprint density at radius 2 is 2.02 bits per heavy atom. The molecule has 0 fully saturated rings. The lowest BCUT2D eigenvalue weighted by atomic mass is 9.97. The number of halogens is 2. The minimum Gasteiger partial charge on any atom is -0.486 e. The van der Waals surface area contributed by atoms with E-state index in [0.717, 1.165) is 10.0 Å². The molecule has 5 rings (SSSR count). The Balaban J connectivity index is 1.84. The van der Waals surface area contributed by atoms with Gasteiger partial charge in [-0.05, 0) is 52.0 Å². The zero-order valence-electron chi connectivity index (χ0n) is 23.7. The van der Waals surface area contributed by atoms with Crippen LogP contribution < -0.4 is 9.64 Å². The minimum absolute atomic E-state index is 0.177. The number of aryl methyl sites for hydroxylation is 1. The van der Waals surface area contributed by atoms with E-state index in [4.69, 9.17) is 24.3 Å². The van der Waals surface area contributed by atoms with Crippen LogP contribution in [0.15, 0.2) is 59.6 Å². The van der Waals surface area contributed by atoms with Gasteiger partial charge in [0.25, 0.3) is 0 Å². The van der Waals surface area contributed by atoms with E-state index in [9.17, 15) is 4.79 Å². The van der Waals surface area contributed by atoms with E-state index in [1.54, 1.807) is 17.5 Å². The number of benzene rings is 2. The van der Waals surface area contributed by atoms with Crippen LogP contribution in [0.3, 0.4) is 0 Å². The Kier molecular flexibility index (Phi) is 7.89. The Labute approximate surface area is 246 Å². The first kappa shape index (κ1) is 28.8. The third kappa shape index (κ3) is 5.71. The van der Waals surface area contributed by atoms with Crippen LogP contribution in [0.1, 0.15) is 38.1 Å². The molecule has 2 aromatic heterocycles. The molecular weight excluding hydrogens is 591 g/mol. The van der Waals surface area contributed by atoms with Crippen LogP contribution in [0.25, 0.3) is 28.2 Å². The SMILES string of the molecule is C=CCN1CCOc2c(F)cc(-c3c(C(OC(C)(C)C)C(=O)OC)c(C)nc4cc(-c5cccc(Br)c5)nn34)cc21. The molecule has 0 radical (unpaired) electrons. The van der Waals surface area contributed by atoms with E-state index >= 15 is 4.39 Å². The Bertz CT molecular complexity index is 1650. The van der Waals surface area contributed by atoms with Crippen LogP contribution in [0.4, 0.5) is 10.1 Å². The minimum atomic E-state index is -1.15. The normalized spacial score (nSPS) is 14.0. The van der Waals surface area contributed by atoms with Gasteiger partial charge in [-0.15, -0.1) is 6.58 Å². The van der Waals surface area contributed by atoms with E-state index in [-0.39, 0.29) is 5.75 Å². The van der Waals surface area contributed by atoms with Gasteiger partial charge in [0, 0.05) is 39.5 Å². The summed E-state index contributed by atoms with van der Waals surface area (Å²) in [6.07, 6.45) is 0.618. The smallest absolute Gasteiger partial charge is 0.339 e. The van der Waals surface area contributed by atoms with Crippen LogP contribution in [0.5, 0.6) is 5.75 Å². The molecule has 0 N–H and O–H groups in total. The molecular formula is C31H32BrFN4O4. The van der Waals surface area contributed by atoms with E-state index in [2.05, 4.69) is 22.5 Å². The van der Waals surface area contributed by atoms with E-state index in [0.29, 0.717) is 59.2 Å². The van der Waals surface area contributed by atoms with E-state index in [1.165, 1.54) is 13.2 Å². The van der Waals surface area contributed by atoms with Crippen molar-refractivity contribution in [3.8, 4) is 28.3 Å². The van der Waals surface area contributed by atoms with Crippen LogP contribution in [-0.2, 0) is 14.3 Å². The van der Waals surface area contributed by atoms with Crippen molar-refractivity contribution in [2.75, 3.05) is 31.7 Å². The molecule has 1 unspecified atom stereocenters. The summed E-state index contributed by atoms with van der Waals surface area (Å²) < 4.78 is 35.4. The van der Waals surface area contributed by atoms with Gasteiger partial charge in [0.1, 0.15) is 6.61 Å². The predicted molar refractivity (Wildman–Crippen MR) is 160 cm³/mol. The van der Waals surface area contributed by atoms with Crippen LogP contribution in [0, 0.1) is 12.7 Å². The van der Waals surface area contributed by atoms with Gasteiger partial charge in [-0.3, -0.25) is 0 Å². The van der Waals surface area contributed by atoms with Crippen molar-refractivity contribution in [2.45, 2.75) is 39.4 Å². The van der Waals surface area contributed by atoms with Crippen molar-refractivity contribution in [3.05, 3.63) is 76.7 Å². The first-order valence-electron chi connectivity index (χ1n) is 13.2. The number of fused-ring (bicyclic) bond motifs is 2. The summed E-state index contributed by atoms with van der Waals surface area (Å²) in [4.78, 5) is 20.1. The largest absolute Gasteiger partial charge is 0.486 e. The number of hydrogen-bond acceptors (Lipinski definition) is 7. The summed E-state index contributed by atoms with van der Waals surface area (Å²) in [6, 6.07) is 12.9. The van der Waals surface area contributed by atoms with Gasteiger partial charge in [0.05, 0.1) is 36.3 Å². The summed E-state index contributed by atoms with van der Waals surface area (Å²) in [5.74, 6) is -0.943. The molecule has 214 valence electrons. The van der Waals surface area contributed by atoms with Crippen molar-refractivity contribution in [1.82, 2.24) is 14.6 Å². The number of rotatable bonds is 7. The number of carbonyl (C=O) groups is 1. The van der Waals surface area contributed by atoms with Crippen molar-refractivity contribution in [1.29, 1.82) is 0 Å². The third-order valence-corrected chi connectivity index (χ3v) is 7.19. The lowest BCUT2D eigenvalue weighted by Gasteiger charge is -2.32. The molecule has 1 atom stereocenters. The highest BCUT2D eigenvalue weighted by atomic mass is 79.9. The molecule has 3 heterocycles. The lowest BCUT2D eigenvalue weighted by molar-refractivity contribution is -0.164. The van der Waals surface area contributed by atoms with Crippen LogP contribution >= 0.6 is 15.9 Å². The molecule has 0 amide bonds. The Morgan fingerprint density at radius 3 is 2.71 bits per heavy atom. The number of ether oxygens (including phenoxy) is 3. The number of esters is 1. The van der Waals surface area contributed by atoms with E-state index in [1.807, 2.05) is 62.1 Å². The second kappa shape index (κ2) is 11.3. The molecule has 0 spiro atoms. The van der Waals surface area contributed by atoms with E-state index < -0.39 is 23.5 Å². The third-order valence-electron chi connectivity index (χ3n) is 6.69. The highest BCUT2D eigenvalue weighted by Crippen LogP contribution is 2.42. The zero-order valence-corrected chi connectivity index (χ0v) is 25.3. The number of anilines is 1. The average Bonchev–Trinajstić information content (AvgIpc) is 3.34. The second-order valence-electron chi connectivity index (χ2n) is 10.8. The van der Waals surface area contributed by atoms with Crippen LogP contribution in [0.2, 0.25) is 0 Å². The lowest BCUT2D eigenvalue weighted by Crippen LogP contribution is -2.33. The number of methoxy groups -OCH3 is 1. The maximum Gasteiger partial charge on any atom is 0.339 e. The molecule has 8 nitrogen and oxygen atoms in total. The molecule has 1 aliphatic heterocycles. The quantitative estimate of drug-likeness (QED) is 0.168. The Hall–Kier alpha value is -3.76. The summed E-state index contributed by atoms with van der Waals surface area (Å²) in [5.41, 5.74) is 3.88. The number of carbonyl (C=O) groups excluding carboxylic acids is 1. The molecule has 1 aliphatic rings. The number of hydrogen-bond donors (Lipinski definition) is 0. The predicted octanol–water partition coefficient (Wildman–Crippen LogP) is 6.69. The van der Waals surface area contributed by atoms with Gasteiger partial charge in [-0.2, -0.15) is 5.10 Å². The number of aromatic nitrogens is 3. The van der Waals surface area contributed by atoms with Crippen molar-refractivity contribution in [2.24, 2.45) is 0 Å². The summed E-state index contributed by atoms with van der Waals surface area (Å²) in [5, 5.41) is 4.91. The molecule has 2 aromatic carbocycles. The van der Waals surface area contributed by atoms with Gasteiger partial charge >= 0.3 is 5.97 Å². The summed E-state index contributed by atoms with van der Waals surface area (Å²) >= 11 is 3.53. The standard InChI is InChI=1S/C31H32BrFN4O4/c1-7-11-36-12-13-40-28-22(33)15-20(16-24(28)36)27-26(29(30(38)39-6)41-31(3,4)5)18(2)34-25-17-23(35-37(25)27)19-9-8-10-21(32)14-19/h7-10,14-17,29H,1,11-13H2,2-6H3. The first-order valence-corrected chi connectivity index (χ1v) is 14.0. The van der Waals surface area contributed by atoms with Crippen molar-refractivity contribution >= 4 is 33.2 Å². The molecule has 0 aliphatic carbocycles. The van der Waals surface area contributed by atoms with Gasteiger partial charge in [0.15, 0.2) is 23.3 Å². The maximum atomic E-state index is 15.7. The van der Waals surface area contributed by atoms with Gasteiger partial charge in [0.2, 0.25) is 0 Å². The fourth-order valence-electron chi connectivity index (χ4n) is 5.02. The molecule has 10 heteroatoms. The average molecular weight is 624 g/mol. The van der Waals surface area contributed by atoms with Gasteiger partial charge in [-0.25, -0.2) is 18.7 Å².